The molecule has 2 N–H and O–H groups in total. The zero-order valence-corrected chi connectivity index (χ0v) is 10.9. The first kappa shape index (κ1) is 11.5. The van der Waals surface area contributed by atoms with Crippen LogP contribution < -0.4 is 10.6 Å². The fourth-order valence-electron chi connectivity index (χ4n) is 3.39. The Morgan fingerprint density at radius 2 is 2.00 bits per heavy atom. The van der Waals surface area contributed by atoms with E-state index in [-0.39, 0.29) is 11.9 Å². The Hall–Kier alpha value is -1.36. The molecule has 1 aromatic heterocycles. The van der Waals surface area contributed by atoms with Crippen LogP contribution in [0.2, 0.25) is 0 Å². The van der Waals surface area contributed by atoms with E-state index < -0.39 is 0 Å². The summed E-state index contributed by atoms with van der Waals surface area (Å²) in [6.45, 7) is 0. The molecule has 0 radical (unpaired) electrons. The lowest BCUT2D eigenvalue weighted by Gasteiger charge is -2.29. The quantitative estimate of drug-likeness (QED) is 0.866. The first-order valence-corrected chi connectivity index (χ1v) is 7.31. The van der Waals surface area contributed by atoms with E-state index in [0.29, 0.717) is 23.7 Å². The third-order valence-electron chi connectivity index (χ3n) is 4.55. The van der Waals surface area contributed by atoms with Gasteiger partial charge >= 0.3 is 0 Å². The van der Waals surface area contributed by atoms with Gasteiger partial charge in [-0.15, -0.1) is 0 Å². The van der Waals surface area contributed by atoms with Gasteiger partial charge in [-0.05, 0) is 38.5 Å². The summed E-state index contributed by atoms with van der Waals surface area (Å²) in [6, 6.07) is 3.27. The predicted octanol–water partition coefficient (Wildman–Crippen LogP) is 1.56. The summed E-state index contributed by atoms with van der Waals surface area (Å²) in [5.74, 6) is 1.29. The molecule has 1 saturated carbocycles. The van der Waals surface area contributed by atoms with Crippen LogP contribution in [-0.4, -0.2) is 29.2 Å². The second-order valence-electron chi connectivity index (χ2n) is 6.17. The van der Waals surface area contributed by atoms with Crippen molar-refractivity contribution in [2.45, 2.75) is 62.6 Å². The Labute approximate surface area is 112 Å². The summed E-state index contributed by atoms with van der Waals surface area (Å²) in [5, 5.41) is 10.6. The highest BCUT2D eigenvalue weighted by atomic mass is 16.5. The Balaban J connectivity index is 1.40. The van der Waals surface area contributed by atoms with Crippen LogP contribution in [-0.2, 0) is 0 Å². The second kappa shape index (κ2) is 4.34. The lowest BCUT2D eigenvalue weighted by atomic mass is 10.00. The van der Waals surface area contributed by atoms with Crippen molar-refractivity contribution in [1.29, 1.82) is 0 Å². The van der Waals surface area contributed by atoms with E-state index in [1.54, 1.807) is 0 Å². The molecule has 3 aliphatic rings. The molecule has 3 heterocycles. The third-order valence-corrected chi connectivity index (χ3v) is 4.55. The van der Waals surface area contributed by atoms with Gasteiger partial charge in [-0.2, -0.15) is 0 Å². The average molecular weight is 261 g/mol. The van der Waals surface area contributed by atoms with Crippen molar-refractivity contribution < 1.29 is 9.32 Å². The van der Waals surface area contributed by atoms with Crippen molar-refractivity contribution in [2.24, 2.45) is 0 Å². The number of hydrogen-bond acceptors (Lipinski definition) is 4. The van der Waals surface area contributed by atoms with Crippen molar-refractivity contribution in [3.63, 3.8) is 0 Å². The van der Waals surface area contributed by atoms with Gasteiger partial charge in [0.05, 0.1) is 0 Å². The number of aromatic nitrogens is 1. The molecule has 2 aliphatic heterocycles. The van der Waals surface area contributed by atoms with Gasteiger partial charge in [0, 0.05) is 30.1 Å². The zero-order chi connectivity index (χ0) is 12.8. The molecule has 102 valence electrons. The summed E-state index contributed by atoms with van der Waals surface area (Å²) >= 11 is 0. The van der Waals surface area contributed by atoms with Crippen molar-refractivity contribution >= 4 is 5.91 Å². The molecule has 2 bridgehead atoms. The monoisotopic (exact) mass is 261 g/mol. The molecule has 0 unspecified atom stereocenters. The van der Waals surface area contributed by atoms with E-state index >= 15 is 0 Å². The minimum absolute atomic E-state index is 0.0815. The molecule has 0 spiro atoms. The molecule has 1 amide bonds. The van der Waals surface area contributed by atoms with Gasteiger partial charge < -0.3 is 15.2 Å². The molecule has 3 atom stereocenters. The highest BCUT2D eigenvalue weighted by molar-refractivity contribution is 5.92. The van der Waals surface area contributed by atoms with Gasteiger partial charge in [-0.1, -0.05) is 5.16 Å². The lowest BCUT2D eigenvalue weighted by molar-refractivity contribution is 0.0914. The molecule has 19 heavy (non-hydrogen) atoms. The molecule has 5 nitrogen and oxygen atoms in total. The molecule has 2 saturated heterocycles. The number of nitrogens with one attached hydrogen (secondary N) is 2. The lowest BCUT2D eigenvalue weighted by Crippen LogP contribution is -2.48. The molecule has 1 aliphatic carbocycles. The van der Waals surface area contributed by atoms with Gasteiger partial charge in [0.25, 0.3) is 5.91 Å². The number of nitrogens with zero attached hydrogens (tertiary/aromatic N) is 1. The van der Waals surface area contributed by atoms with Crippen LogP contribution in [0.1, 0.15) is 60.7 Å². The highest BCUT2D eigenvalue weighted by Gasteiger charge is 2.35. The van der Waals surface area contributed by atoms with Gasteiger partial charge in [0.1, 0.15) is 5.76 Å². The fraction of sp³-hybridized carbons (Fsp3) is 0.714. The topological polar surface area (TPSA) is 67.2 Å². The third kappa shape index (κ3) is 2.27. The van der Waals surface area contributed by atoms with Crippen molar-refractivity contribution in [2.75, 3.05) is 0 Å². The average Bonchev–Trinajstić information content (AvgIpc) is 3.03. The van der Waals surface area contributed by atoms with E-state index in [4.69, 9.17) is 4.52 Å². The van der Waals surface area contributed by atoms with Crippen molar-refractivity contribution in [3.8, 4) is 0 Å². The predicted molar refractivity (Wildman–Crippen MR) is 68.9 cm³/mol. The SMILES string of the molecule is O=C(N[C@@H]1C[C@H]2CC[C@@H](C1)N2)c1cc(C2CC2)on1. The molecule has 3 fully saturated rings. The highest BCUT2D eigenvalue weighted by Crippen LogP contribution is 2.40. The Bertz CT molecular complexity index is 483. The summed E-state index contributed by atoms with van der Waals surface area (Å²) in [7, 11) is 0. The number of hydrogen-bond donors (Lipinski definition) is 2. The van der Waals surface area contributed by atoms with E-state index in [9.17, 15) is 4.79 Å². The van der Waals surface area contributed by atoms with E-state index in [1.807, 2.05) is 6.07 Å². The summed E-state index contributed by atoms with van der Waals surface area (Å²) in [4.78, 5) is 12.1. The maximum atomic E-state index is 12.1. The maximum Gasteiger partial charge on any atom is 0.273 e. The Morgan fingerprint density at radius 1 is 1.26 bits per heavy atom. The van der Waals surface area contributed by atoms with Crippen LogP contribution in [0.5, 0.6) is 0 Å². The summed E-state index contributed by atoms with van der Waals surface area (Å²) < 4.78 is 5.23. The first-order valence-electron chi connectivity index (χ1n) is 7.31. The number of amides is 1. The van der Waals surface area contributed by atoms with Gasteiger partial charge in [0.15, 0.2) is 5.69 Å². The van der Waals surface area contributed by atoms with E-state index in [0.717, 1.165) is 31.4 Å². The molecule has 0 aromatic carbocycles. The van der Waals surface area contributed by atoms with Gasteiger partial charge in [-0.3, -0.25) is 4.79 Å². The van der Waals surface area contributed by atoms with E-state index in [1.165, 1.54) is 12.8 Å². The van der Waals surface area contributed by atoms with Crippen molar-refractivity contribution in [3.05, 3.63) is 17.5 Å². The number of carbonyl (C=O) groups excluding carboxylic acids is 1. The number of fused-ring (bicyclic) bond motifs is 2. The number of piperidine rings is 1. The molecular weight excluding hydrogens is 242 g/mol. The smallest absolute Gasteiger partial charge is 0.273 e. The maximum absolute atomic E-state index is 12.1. The zero-order valence-electron chi connectivity index (χ0n) is 10.9. The summed E-state index contributed by atoms with van der Waals surface area (Å²) in [5.41, 5.74) is 0.438. The van der Waals surface area contributed by atoms with Crippen LogP contribution in [0.25, 0.3) is 0 Å². The first-order chi connectivity index (χ1) is 9.28. The Morgan fingerprint density at radius 3 is 2.68 bits per heavy atom. The van der Waals surface area contributed by atoms with Gasteiger partial charge in [-0.25, -0.2) is 0 Å². The number of carbonyl (C=O) groups is 1. The normalized spacial score (nSPS) is 33.4. The van der Waals surface area contributed by atoms with Crippen molar-refractivity contribution in [1.82, 2.24) is 15.8 Å². The van der Waals surface area contributed by atoms with Crippen LogP contribution in [0.4, 0.5) is 0 Å². The fourth-order valence-corrected chi connectivity index (χ4v) is 3.39. The van der Waals surface area contributed by atoms with Crippen LogP contribution in [0, 0.1) is 0 Å². The second-order valence-corrected chi connectivity index (χ2v) is 6.17. The minimum Gasteiger partial charge on any atom is -0.360 e. The Kier molecular flexibility index (Phi) is 2.62. The minimum atomic E-state index is -0.0815. The molecular formula is C14H19N3O2. The van der Waals surface area contributed by atoms with Crippen LogP contribution in [0.15, 0.2) is 10.6 Å². The summed E-state index contributed by atoms with van der Waals surface area (Å²) in [6.07, 6.45) is 6.88. The largest absolute Gasteiger partial charge is 0.360 e. The molecule has 5 heteroatoms. The van der Waals surface area contributed by atoms with Crippen LogP contribution in [0.3, 0.4) is 0 Å². The van der Waals surface area contributed by atoms with E-state index in [2.05, 4.69) is 15.8 Å². The number of rotatable bonds is 3. The van der Waals surface area contributed by atoms with Crippen LogP contribution >= 0.6 is 0 Å². The molecule has 1 aromatic rings. The standard InChI is InChI=1S/C14H19N3O2/c18-14(12-7-13(19-17-12)8-1-2-8)16-11-5-9-3-4-10(6-11)15-9/h7-11,15H,1-6H2,(H,16,18)/t9-,10+,11-. The molecule has 4 rings (SSSR count). The van der Waals surface area contributed by atoms with Gasteiger partial charge in [0.2, 0.25) is 0 Å².